The molecule has 1 amide bonds. The van der Waals surface area contributed by atoms with Gasteiger partial charge < -0.3 is 10.2 Å². The largest absolute Gasteiger partial charge is 0.309 e. The fourth-order valence-corrected chi connectivity index (χ4v) is 1.86. The molecule has 0 atom stereocenters. The molecule has 100 valence electrons. The number of hydrogen-bond acceptors (Lipinski definition) is 4. The Kier molecular flexibility index (Phi) is 6.28. The van der Waals surface area contributed by atoms with Crippen molar-refractivity contribution in [1.82, 2.24) is 14.9 Å². The summed E-state index contributed by atoms with van der Waals surface area (Å²) in [6.45, 7) is 5.97. The Bertz CT molecular complexity index is 347. The Morgan fingerprint density at radius 2 is 2.00 bits per heavy atom. The second kappa shape index (κ2) is 7.76. The summed E-state index contributed by atoms with van der Waals surface area (Å²) in [7, 11) is 2.08. The van der Waals surface area contributed by atoms with Crippen molar-refractivity contribution >= 4 is 11.7 Å². The second-order valence-electron chi connectivity index (χ2n) is 4.16. The van der Waals surface area contributed by atoms with Crippen LogP contribution in [0.1, 0.15) is 26.7 Å². The molecule has 1 N–H and O–H groups in total. The van der Waals surface area contributed by atoms with Gasteiger partial charge in [-0.1, -0.05) is 13.8 Å². The number of anilines is 1. The van der Waals surface area contributed by atoms with Crippen LogP contribution in [0.2, 0.25) is 0 Å². The lowest BCUT2D eigenvalue weighted by Crippen LogP contribution is -2.36. The van der Waals surface area contributed by atoms with E-state index in [0.29, 0.717) is 5.82 Å². The summed E-state index contributed by atoms with van der Waals surface area (Å²) in [6.07, 6.45) is 6.56. The Balaban J connectivity index is 0.000000771. The highest BCUT2D eigenvalue weighted by Crippen LogP contribution is 2.17. The molecule has 0 radical (unpaired) electrons. The highest BCUT2D eigenvalue weighted by molar-refractivity contribution is 5.91. The van der Waals surface area contributed by atoms with Crippen LogP contribution in [0.25, 0.3) is 0 Å². The number of likely N-dealkylation sites (tertiary alicyclic amines) is 1. The van der Waals surface area contributed by atoms with Gasteiger partial charge in [0.25, 0.3) is 0 Å². The quantitative estimate of drug-likeness (QED) is 0.869. The van der Waals surface area contributed by atoms with Crippen molar-refractivity contribution < 1.29 is 4.79 Å². The molecule has 0 unspecified atom stereocenters. The van der Waals surface area contributed by atoms with Crippen molar-refractivity contribution in [2.24, 2.45) is 5.92 Å². The van der Waals surface area contributed by atoms with E-state index in [1.165, 1.54) is 0 Å². The lowest BCUT2D eigenvalue weighted by Gasteiger charge is -2.27. The predicted octanol–water partition coefficient (Wildman–Crippen LogP) is 1.78. The standard InChI is InChI=1S/C11H16N4O.C2H6/c1-15-6-2-9(3-7-15)11(16)14-10-8-12-4-5-13-10;1-2/h4-5,8-9H,2-3,6-7H2,1H3,(H,13,14,16);1-2H3. The van der Waals surface area contributed by atoms with Gasteiger partial charge in [0.1, 0.15) is 0 Å². The van der Waals surface area contributed by atoms with Gasteiger partial charge in [0.15, 0.2) is 5.82 Å². The predicted molar refractivity (Wildman–Crippen MR) is 72.2 cm³/mol. The van der Waals surface area contributed by atoms with Crippen LogP contribution < -0.4 is 5.32 Å². The number of piperidine rings is 1. The Morgan fingerprint density at radius 3 is 2.56 bits per heavy atom. The average Bonchev–Trinajstić information content (AvgIpc) is 2.43. The summed E-state index contributed by atoms with van der Waals surface area (Å²) >= 11 is 0. The number of nitrogens with zero attached hydrogens (tertiary/aromatic N) is 3. The molecule has 18 heavy (non-hydrogen) atoms. The summed E-state index contributed by atoms with van der Waals surface area (Å²) in [6, 6.07) is 0. The highest BCUT2D eigenvalue weighted by Gasteiger charge is 2.23. The zero-order valence-electron chi connectivity index (χ0n) is 11.4. The normalized spacial score (nSPS) is 16.6. The fraction of sp³-hybridized carbons (Fsp3) is 0.615. The van der Waals surface area contributed by atoms with Crippen molar-refractivity contribution in [3.8, 4) is 0 Å². The minimum absolute atomic E-state index is 0.0635. The summed E-state index contributed by atoms with van der Waals surface area (Å²) in [5.74, 6) is 0.707. The number of carbonyl (C=O) groups is 1. The van der Waals surface area contributed by atoms with Crippen molar-refractivity contribution in [3.63, 3.8) is 0 Å². The number of rotatable bonds is 2. The maximum Gasteiger partial charge on any atom is 0.228 e. The number of nitrogens with one attached hydrogen (secondary N) is 1. The first-order valence-electron chi connectivity index (χ1n) is 6.51. The monoisotopic (exact) mass is 250 g/mol. The first-order valence-corrected chi connectivity index (χ1v) is 6.51. The summed E-state index contributed by atoms with van der Waals surface area (Å²) in [5.41, 5.74) is 0. The topological polar surface area (TPSA) is 58.1 Å². The minimum atomic E-state index is 0.0635. The van der Waals surface area contributed by atoms with Crippen LogP contribution in [0.3, 0.4) is 0 Å². The Labute approximate surface area is 109 Å². The summed E-state index contributed by atoms with van der Waals surface area (Å²) in [4.78, 5) is 22.1. The van der Waals surface area contributed by atoms with E-state index >= 15 is 0 Å². The minimum Gasteiger partial charge on any atom is -0.309 e. The SMILES string of the molecule is CC.CN1CCC(C(=O)Nc2cnccn2)CC1. The molecule has 1 aromatic rings. The van der Waals surface area contributed by atoms with Crippen molar-refractivity contribution in [2.45, 2.75) is 26.7 Å². The van der Waals surface area contributed by atoms with Crippen molar-refractivity contribution in [1.29, 1.82) is 0 Å². The number of amides is 1. The van der Waals surface area contributed by atoms with E-state index in [0.717, 1.165) is 25.9 Å². The van der Waals surface area contributed by atoms with Gasteiger partial charge in [-0.3, -0.25) is 9.78 Å². The van der Waals surface area contributed by atoms with Crippen LogP contribution in [-0.2, 0) is 4.79 Å². The van der Waals surface area contributed by atoms with Gasteiger partial charge in [0.2, 0.25) is 5.91 Å². The van der Waals surface area contributed by atoms with E-state index < -0.39 is 0 Å². The molecule has 0 aliphatic carbocycles. The average molecular weight is 250 g/mol. The third-order valence-corrected chi connectivity index (χ3v) is 2.90. The van der Waals surface area contributed by atoms with E-state index in [1.54, 1.807) is 18.6 Å². The van der Waals surface area contributed by atoms with Gasteiger partial charge in [-0.25, -0.2) is 4.98 Å². The Hall–Kier alpha value is -1.49. The van der Waals surface area contributed by atoms with Crippen LogP contribution in [0.15, 0.2) is 18.6 Å². The summed E-state index contributed by atoms with van der Waals surface area (Å²) < 4.78 is 0. The van der Waals surface area contributed by atoms with Crippen molar-refractivity contribution in [3.05, 3.63) is 18.6 Å². The molecule has 1 saturated heterocycles. The van der Waals surface area contributed by atoms with Gasteiger partial charge in [-0.05, 0) is 33.0 Å². The van der Waals surface area contributed by atoms with E-state index in [-0.39, 0.29) is 11.8 Å². The first-order chi connectivity index (χ1) is 8.75. The molecule has 2 heterocycles. The number of carbonyl (C=O) groups excluding carboxylic acids is 1. The molecule has 1 fully saturated rings. The molecule has 0 aromatic carbocycles. The molecule has 5 nitrogen and oxygen atoms in total. The van der Waals surface area contributed by atoms with Gasteiger partial charge in [-0.15, -0.1) is 0 Å². The van der Waals surface area contributed by atoms with Crippen LogP contribution in [0.5, 0.6) is 0 Å². The molecule has 1 aromatic heterocycles. The highest BCUT2D eigenvalue weighted by atomic mass is 16.1. The number of hydrogen-bond donors (Lipinski definition) is 1. The fourth-order valence-electron chi connectivity index (χ4n) is 1.86. The van der Waals surface area contributed by atoms with Gasteiger partial charge in [-0.2, -0.15) is 0 Å². The summed E-state index contributed by atoms with van der Waals surface area (Å²) in [5, 5.41) is 2.80. The molecule has 1 aliphatic heterocycles. The molecule has 5 heteroatoms. The van der Waals surface area contributed by atoms with Gasteiger partial charge in [0.05, 0.1) is 6.20 Å². The third-order valence-electron chi connectivity index (χ3n) is 2.90. The van der Waals surface area contributed by atoms with Gasteiger partial charge >= 0.3 is 0 Å². The van der Waals surface area contributed by atoms with E-state index in [4.69, 9.17) is 0 Å². The number of aromatic nitrogens is 2. The molecule has 0 spiro atoms. The third kappa shape index (κ3) is 4.41. The van der Waals surface area contributed by atoms with Gasteiger partial charge in [0, 0.05) is 18.3 Å². The van der Waals surface area contributed by atoms with Crippen molar-refractivity contribution in [2.75, 3.05) is 25.5 Å². The molecular formula is C13H22N4O. The lowest BCUT2D eigenvalue weighted by molar-refractivity contribution is -0.121. The van der Waals surface area contributed by atoms with Crippen LogP contribution in [0.4, 0.5) is 5.82 Å². The van der Waals surface area contributed by atoms with E-state index in [2.05, 4.69) is 27.2 Å². The maximum atomic E-state index is 11.9. The lowest BCUT2D eigenvalue weighted by atomic mass is 9.96. The zero-order chi connectivity index (χ0) is 13.4. The van der Waals surface area contributed by atoms with E-state index in [9.17, 15) is 4.79 Å². The second-order valence-corrected chi connectivity index (χ2v) is 4.16. The Morgan fingerprint density at radius 1 is 1.33 bits per heavy atom. The van der Waals surface area contributed by atoms with E-state index in [1.807, 2.05) is 13.8 Å². The molecule has 0 bridgehead atoms. The molecule has 2 rings (SSSR count). The zero-order valence-corrected chi connectivity index (χ0v) is 11.4. The van der Waals surface area contributed by atoms with Crippen LogP contribution in [-0.4, -0.2) is 40.9 Å². The maximum absolute atomic E-state index is 11.9. The smallest absolute Gasteiger partial charge is 0.228 e. The van der Waals surface area contributed by atoms with Crippen LogP contribution >= 0.6 is 0 Å². The van der Waals surface area contributed by atoms with Crippen LogP contribution in [0, 0.1) is 5.92 Å². The molecule has 0 saturated carbocycles. The molecule has 1 aliphatic rings. The molecular weight excluding hydrogens is 228 g/mol. The first kappa shape index (κ1) is 14.6.